The van der Waals surface area contributed by atoms with Crippen LogP contribution in [0.15, 0.2) is 57.9 Å². The van der Waals surface area contributed by atoms with E-state index in [1.165, 1.54) is 4.52 Å². The Morgan fingerprint density at radius 3 is 2.75 bits per heavy atom. The molecule has 0 saturated carbocycles. The molecule has 3 heterocycles. The number of hydrogen-bond acceptors (Lipinski definition) is 5. The van der Waals surface area contributed by atoms with Crippen molar-refractivity contribution in [3.05, 3.63) is 76.1 Å². The molecule has 0 atom stereocenters. The lowest BCUT2D eigenvalue weighted by atomic mass is 10.1. The number of benzene rings is 1. The van der Waals surface area contributed by atoms with Crippen LogP contribution in [0.1, 0.15) is 30.4 Å². The van der Waals surface area contributed by atoms with Crippen LogP contribution < -0.4 is 15.6 Å². The highest BCUT2D eigenvalue weighted by Crippen LogP contribution is 2.29. The van der Waals surface area contributed by atoms with Crippen molar-refractivity contribution in [1.29, 1.82) is 0 Å². The third-order valence-electron chi connectivity index (χ3n) is 5.60. The van der Waals surface area contributed by atoms with Gasteiger partial charge in [-0.2, -0.15) is 9.61 Å². The molecule has 0 fully saturated rings. The van der Waals surface area contributed by atoms with E-state index < -0.39 is 0 Å². The van der Waals surface area contributed by atoms with Crippen molar-refractivity contribution in [3.63, 3.8) is 0 Å². The topological polar surface area (TPSA) is 90.8 Å². The molecule has 8 nitrogen and oxygen atoms in total. The summed E-state index contributed by atoms with van der Waals surface area (Å²) in [6, 6.07) is 13.1. The van der Waals surface area contributed by atoms with E-state index in [1.54, 1.807) is 25.5 Å². The maximum Gasteiger partial charge on any atom is 0.277 e. The predicted octanol–water partition coefficient (Wildman–Crippen LogP) is 3.34. The molecule has 32 heavy (non-hydrogen) atoms. The average Bonchev–Trinajstić information content (AvgIpc) is 3.48. The Morgan fingerprint density at radius 2 is 2.03 bits per heavy atom. The largest absolute Gasteiger partial charge is 0.496 e. The predicted molar refractivity (Wildman–Crippen MR) is 121 cm³/mol. The highest BCUT2D eigenvalue weighted by atomic mass is 16.5. The lowest BCUT2D eigenvalue weighted by Crippen LogP contribution is -2.28. The second-order valence-corrected chi connectivity index (χ2v) is 7.47. The number of aromatic nitrogens is 3. The number of para-hydroxylation sites is 1. The first-order valence-corrected chi connectivity index (χ1v) is 10.6. The van der Waals surface area contributed by atoms with Crippen LogP contribution in [-0.4, -0.2) is 27.2 Å². The minimum absolute atomic E-state index is 0.140. The van der Waals surface area contributed by atoms with Gasteiger partial charge in [-0.1, -0.05) is 12.1 Å². The van der Waals surface area contributed by atoms with Gasteiger partial charge in [0.15, 0.2) is 0 Å². The van der Waals surface area contributed by atoms with Gasteiger partial charge in [0.05, 0.1) is 25.6 Å². The number of ether oxygens (including phenoxy) is 1. The molecule has 4 aromatic rings. The van der Waals surface area contributed by atoms with E-state index >= 15 is 0 Å². The Kier molecular flexibility index (Phi) is 6.11. The summed E-state index contributed by atoms with van der Waals surface area (Å²) in [6.45, 7) is 4.93. The van der Waals surface area contributed by atoms with Crippen molar-refractivity contribution in [2.75, 3.05) is 7.11 Å². The molecule has 0 aliphatic heterocycles. The number of fused-ring (bicyclic) bond motifs is 1. The number of furan rings is 1. The summed E-state index contributed by atoms with van der Waals surface area (Å²) < 4.78 is 14.2. The minimum Gasteiger partial charge on any atom is -0.496 e. The number of rotatable bonds is 8. The van der Waals surface area contributed by atoms with E-state index in [0.717, 1.165) is 11.3 Å². The van der Waals surface area contributed by atoms with Gasteiger partial charge in [-0.3, -0.25) is 9.59 Å². The first-order chi connectivity index (χ1) is 15.5. The number of hydrogen-bond donors (Lipinski definition) is 1. The summed E-state index contributed by atoms with van der Waals surface area (Å²) in [5, 5.41) is 7.41. The number of nitrogens with zero attached hydrogens (tertiary/aromatic N) is 3. The van der Waals surface area contributed by atoms with Gasteiger partial charge in [0.2, 0.25) is 5.91 Å². The van der Waals surface area contributed by atoms with Crippen LogP contribution in [0, 0.1) is 6.92 Å². The summed E-state index contributed by atoms with van der Waals surface area (Å²) >= 11 is 0. The highest BCUT2D eigenvalue weighted by Gasteiger charge is 2.18. The summed E-state index contributed by atoms with van der Waals surface area (Å²) in [7, 11) is 1.61. The SMILES string of the molecule is CCn1c(C)c(CCC(=O)NCc2ccco2)c(=O)n2nc(-c3ccccc3OC)cc12. The first kappa shape index (κ1) is 21.4. The molecular weight excluding hydrogens is 408 g/mol. The van der Waals surface area contributed by atoms with Crippen LogP contribution in [0.5, 0.6) is 5.75 Å². The Morgan fingerprint density at radius 1 is 1.22 bits per heavy atom. The molecular formula is C24H26N4O4. The van der Waals surface area contributed by atoms with E-state index in [1.807, 2.05) is 48.7 Å². The van der Waals surface area contributed by atoms with Gasteiger partial charge in [0, 0.05) is 35.9 Å². The van der Waals surface area contributed by atoms with Crippen LogP contribution in [0.2, 0.25) is 0 Å². The van der Waals surface area contributed by atoms with Gasteiger partial charge in [-0.05, 0) is 44.5 Å². The highest BCUT2D eigenvalue weighted by molar-refractivity contribution is 5.76. The fraction of sp³-hybridized carbons (Fsp3) is 0.292. The van der Waals surface area contributed by atoms with Crippen LogP contribution in [0.25, 0.3) is 16.9 Å². The van der Waals surface area contributed by atoms with E-state index in [4.69, 9.17) is 9.15 Å². The van der Waals surface area contributed by atoms with Crippen molar-refractivity contribution in [1.82, 2.24) is 19.5 Å². The summed E-state index contributed by atoms with van der Waals surface area (Å²) in [6.07, 6.45) is 2.09. The molecule has 8 heteroatoms. The Hall–Kier alpha value is -3.81. The zero-order chi connectivity index (χ0) is 22.7. The van der Waals surface area contributed by atoms with Crippen molar-refractivity contribution in [3.8, 4) is 17.0 Å². The first-order valence-electron chi connectivity index (χ1n) is 10.6. The summed E-state index contributed by atoms with van der Waals surface area (Å²) in [5.74, 6) is 1.24. The summed E-state index contributed by atoms with van der Waals surface area (Å²) in [5.41, 5.74) is 3.41. The van der Waals surface area contributed by atoms with Crippen LogP contribution in [0.4, 0.5) is 0 Å². The van der Waals surface area contributed by atoms with Crippen molar-refractivity contribution < 1.29 is 13.9 Å². The molecule has 166 valence electrons. The van der Waals surface area contributed by atoms with Gasteiger partial charge < -0.3 is 19.0 Å². The quantitative estimate of drug-likeness (QED) is 0.459. The molecule has 0 aliphatic carbocycles. The number of carbonyl (C=O) groups excluding carboxylic acids is 1. The molecule has 0 radical (unpaired) electrons. The van der Waals surface area contributed by atoms with E-state index in [2.05, 4.69) is 10.4 Å². The second kappa shape index (κ2) is 9.13. The van der Waals surface area contributed by atoms with Crippen molar-refractivity contribution in [2.45, 2.75) is 39.8 Å². The molecule has 0 saturated heterocycles. The molecule has 4 rings (SSSR count). The molecule has 1 amide bonds. The Balaban J connectivity index is 1.65. The van der Waals surface area contributed by atoms with Crippen molar-refractivity contribution >= 4 is 11.6 Å². The molecule has 1 N–H and O–H groups in total. The molecule has 0 spiro atoms. The lowest BCUT2D eigenvalue weighted by molar-refractivity contribution is -0.121. The van der Waals surface area contributed by atoms with Crippen LogP contribution >= 0.6 is 0 Å². The van der Waals surface area contributed by atoms with Gasteiger partial charge in [0.25, 0.3) is 5.56 Å². The normalized spacial score (nSPS) is 11.1. The zero-order valence-corrected chi connectivity index (χ0v) is 18.4. The smallest absolute Gasteiger partial charge is 0.277 e. The lowest BCUT2D eigenvalue weighted by Gasteiger charge is -2.14. The second-order valence-electron chi connectivity index (χ2n) is 7.47. The average molecular weight is 434 g/mol. The van der Waals surface area contributed by atoms with Gasteiger partial charge in [-0.15, -0.1) is 0 Å². The number of amides is 1. The van der Waals surface area contributed by atoms with E-state index in [-0.39, 0.29) is 17.9 Å². The number of nitrogens with one attached hydrogen (secondary N) is 1. The molecule has 0 aliphatic rings. The maximum absolute atomic E-state index is 13.3. The molecule has 0 unspecified atom stereocenters. The number of aryl methyl sites for hydroxylation is 1. The van der Waals surface area contributed by atoms with E-state index in [9.17, 15) is 9.59 Å². The number of carbonyl (C=O) groups is 1. The van der Waals surface area contributed by atoms with E-state index in [0.29, 0.717) is 47.9 Å². The van der Waals surface area contributed by atoms with Crippen LogP contribution in [0.3, 0.4) is 0 Å². The zero-order valence-electron chi connectivity index (χ0n) is 18.4. The fourth-order valence-electron chi connectivity index (χ4n) is 3.93. The maximum atomic E-state index is 13.3. The summed E-state index contributed by atoms with van der Waals surface area (Å²) in [4.78, 5) is 25.6. The third-order valence-corrected chi connectivity index (χ3v) is 5.60. The molecule has 0 bridgehead atoms. The van der Waals surface area contributed by atoms with Crippen LogP contribution in [-0.2, 0) is 24.3 Å². The monoisotopic (exact) mass is 434 g/mol. The minimum atomic E-state index is -0.206. The standard InChI is InChI=1S/C24H26N4O4/c1-4-27-16(2)18(11-12-22(29)25-15-17-8-7-13-32-17)24(30)28-23(27)14-20(26-28)19-9-5-6-10-21(19)31-3/h5-10,13-14H,4,11-12,15H2,1-3H3,(H,25,29). The Bertz CT molecular complexity index is 1300. The van der Waals surface area contributed by atoms with Crippen molar-refractivity contribution in [2.24, 2.45) is 0 Å². The van der Waals surface area contributed by atoms with Gasteiger partial charge in [0.1, 0.15) is 17.2 Å². The fourth-order valence-corrected chi connectivity index (χ4v) is 3.93. The van der Waals surface area contributed by atoms with Gasteiger partial charge >= 0.3 is 0 Å². The number of methoxy groups -OCH3 is 1. The molecule has 1 aromatic carbocycles. The molecule has 3 aromatic heterocycles. The third kappa shape index (κ3) is 4.03. The van der Waals surface area contributed by atoms with Gasteiger partial charge in [-0.25, -0.2) is 0 Å². The Labute approximate surface area is 185 Å².